The smallest absolute Gasteiger partial charge is 0.295 e. The molecule has 0 unspecified atom stereocenters. The quantitative estimate of drug-likeness (QED) is 0.617. The molecule has 3 aromatic heterocycles. The van der Waals surface area contributed by atoms with E-state index in [1.165, 1.54) is 40.4 Å². The first kappa shape index (κ1) is 14.5. The van der Waals surface area contributed by atoms with Crippen LogP contribution in [0.1, 0.15) is 16.2 Å². The van der Waals surface area contributed by atoms with Crippen molar-refractivity contribution in [1.29, 1.82) is 0 Å². The second-order valence-corrected chi connectivity index (χ2v) is 6.03. The van der Waals surface area contributed by atoms with Crippen molar-refractivity contribution >= 4 is 33.3 Å². The first-order valence-electron chi connectivity index (χ1n) is 6.95. The van der Waals surface area contributed by atoms with E-state index in [0.29, 0.717) is 26.9 Å². The van der Waals surface area contributed by atoms with Gasteiger partial charge >= 0.3 is 0 Å². The molecule has 0 saturated heterocycles. The third-order valence-corrected chi connectivity index (χ3v) is 4.25. The molecule has 0 atom stereocenters. The average molecular weight is 343 g/mol. The van der Waals surface area contributed by atoms with Crippen LogP contribution in [-0.4, -0.2) is 25.8 Å². The van der Waals surface area contributed by atoms with E-state index in [1.807, 2.05) is 0 Å². The molecule has 7 nitrogen and oxygen atoms in total. The monoisotopic (exact) mass is 343 g/mol. The molecule has 0 aliphatic heterocycles. The van der Waals surface area contributed by atoms with Crippen molar-refractivity contribution in [2.45, 2.75) is 6.92 Å². The van der Waals surface area contributed by atoms with Crippen LogP contribution < -0.4 is 5.32 Å². The number of carbonyl (C=O) groups is 1. The van der Waals surface area contributed by atoms with E-state index >= 15 is 0 Å². The molecule has 24 heavy (non-hydrogen) atoms. The highest BCUT2D eigenvalue weighted by atomic mass is 32.1. The van der Waals surface area contributed by atoms with Crippen LogP contribution in [0.25, 0.3) is 15.3 Å². The van der Waals surface area contributed by atoms with Crippen molar-refractivity contribution in [2.24, 2.45) is 0 Å². The number of nitrogens with zero attached hydrogens (tertiary/aromatic N) is 4. The zero-order chi connectivity index (χ0) is 16.7. The first-order valence-corrected chi connectivity index (χ1v) is 7.77. The molecule has 0 spiro atoms. The predicted octanol–water partition coefficient (Wildman–Crippen LogP) is 3.17. The van der Waals surface area contributed by atoms with Crippen LogP contribution in [0, 0.1) is 12.7 Å². The maximum absolute atomic E-state index is 13.3. The lowest BCUT2D eigenvalue weighted by Gasteiger charge is -2.04. The molecular weight excluding hydrogens is 333 g/mol. The summed E-state index contributed by atoms with van der Waals surface area (Å²) in [5.41, 5.74) is 1.37. The predicted molar refractivity (Wildman–Crippen MR) is 85.9 cm³/mol. The third kappa shape index (κ3) is 2.54. The highest BCUT2D eigenvalue weighted by Crippen LogP contribution is 2.28. The number of benzene rings is 1. The Balaban J connectivity index is 1.73. The minimum Gasteiger partial charge on any atom is -0.351 e. The van der Waals surface area contributed by atoms with Crippen LogP contribution in [0.5, 0.6) is 0 Å². The number of carbonyl (C=O) groups excluding carboxylic acids is 1. The van der Waals surface area contributed by atoms with Crippen LogP contribution in [0.2, 0.25) is 0 Å². The van der Waals surface area contributed by atoms with Gasteiger partial charge in [0.1, 0.15) is 11.6 Å². The summed E-state index contributed by atoms with van der Waals surface area (Å²) in [5.74, 6) is -0.241. The summed E-state index contributed by atoms with van der Waals surface area (Å²) in [6.07, 6.45) is 1.39. The molecule has 4 rings (SSSR count). The molecule has 4 aromatic rings. The van der Waals surface area contributed by atoms with E-state index in [-0.39, 0.29) is 11.6 Å². The number of nitrogens with one attached hydrogen (secondary N) is 1. The van der Waals surface area contributed by atoms with E-state index in [9.17, 15) is 9.18 Å². The van der Waals surface area contributed by atoms with E-state index in [0.717, 1.165) is 0 Å². The molecule has 9 heteroatoms. The van der Waals surface area contributed by atoms with E-state index in [2.05, 4.69) is 20.6 Å². The Bertz CT molecular complexity index is 1040. The van der Waals surface area contributed by atoms with Crippen LogP contribution in [0.3, 0.4) is 0 Å². The standard InChI is InChI=1S/C15H10FN5O2S/c1-8-6-13(19-14(22)11-4-5-17-23-11)21(20-8)15-18-10-3-2-9(16)7-12(10)24-15/h2-7H,1H3,(H,19,22). The van der Waals surface area contributed by atoms with Crippen LogP contribution in [0.15, 0.2) is 41.1 Å². The summed E-state index contributed by atoms with van der Waals surface area (Å²) in [6, 6.07) is 7.55. The Morgan fingerprint density at radius 2 is 2.21 bits per heavy atom. The fourth-order valence-corrected chi connectivity index (χ4v) is 3.18. The first-order chi connectivity index (χ1) is 11.6. The lowest BCUT2D eigenvalue weighted by atomic mass is 10.3. The van der Waals surface area contributed by atoms with Gasteiger partial charge < -0.3 is 9.84 Å². The van der Waals surface area contributed by atoms with Crippen molar-refractivity contribution in [3.8, 4) is 5.13 Å². The number of thiazole rings is 1. The maximum atomic E-state index is 13.3. The molecule has 1 aromatic carbocycles. The molecule has 0 bridgehead atoms. The average Bonchev–Trinajstić information content (AvgIpc) is 3.25. The molecule has 0 saturated carbocycles. The van der Waals surface area contributed by atoms with Crippen LogP contribution >= 0.6 is 11.3 Å². The Morgan fingerprint density at radius 3 is 3.00 bits per heavy atom. The molecule has 120 valence electrons. The number of hydrogen-bond acceptors (Lipinski definition) is 6. The number of hydrogen-bond donors (Lipinski definition) is 1. The lowest BCUT2D eigenvalue weighted by molar-refractivity contribution is 0.0987. The molecular formula is C15H10FN5O2S. The molecule has 0 radical (unpaired) electrons. The largest absolute Gasteiger partial charge is 0.351 e. The van der Waals surface area contributed by atoms with Crippen molar-refractivity contribution in [3.05, 3.63) is 53.8 Å². The summed E-state index contributed by atoms with van der Waals surface area (Å²) in [6.45, 7) is 1.80. The zero-order valence-electron chi connectivity index (χ0n) is 12.4. The van der Waals surface area contributed by atoms with Gasteiger partial charge in [-0.05, 0) is 25.1 Å². The van der Waals surface area contributed by atoms with Gasteiger partial charge in [0.2, 0.25) is 10.9 Å². The zero-order valence-corrected chi connectivity index (χ0v) is 13.2. The highest BCUT2D eigenvalue weighted by molar-refractivity contribution is 7.20. The second-order valence-electron chi connectivity index (χ2n) is 5.02. The minimum atomic E-state index is -0.444. The Kier molecular flexibility index (Phi) is 3.35. The van der Waals surface area contributed by atoms with Gasteiger partial charge in [-0.15, -0.1) is 0 Å². The Labute approximate surface area is 138 Å². The summed E-state index contributed by atoms with van der Waals surface area (Å²) < 4.78 is 20.4. The van der Waals surface area contributed by atoms with Gasteiger partial charge in [-0.25, -0.2) is 9.37 Å². The second kappa shape index (κ2) is 5.53. The van der Waals surface area contributed by atoms with Crippen LogP contribution in [0.4, 0.5) is 10.2 Å². The summed E-state index contributed by atoms with van der Waals surface area (Å²) in [5, 5.41) is 11.1. The summed E-state index contributed by atoms with van der Waals surface area (Å²) in [4.78, 5) is 16.6. The number of halogens is 1. The molecule has 1 amide bonds. The summed E-state index contributed by atoms with van der Waals surface area (Å²) in [7, 11) is 0. The van der Waals surface area contributed by atoms with Crippen molar-refractivity contribution in [2.75, 3.05) is 5.32 Å². The van der Waals surface area contributed by atoms with Crippen molar-refractivity contribution in [3.63, 3.8) is 0 Å². The van der Waals surface area contributed by atoms with Gasteiger partial charge in [0.15, 0.2) is 0 Å². The minimum absolute atomic E-state index is 0.0896. The van der Waals surface area contributed by atoms with Crippen LogP contribution in [-0.2, 0) is 0 Å². The molecule has 3 heterocycles. The normalized spacial score (nSPS) is 11.1. The summed E-state index contributed by atoms with van der Waals surface area (Å²) >= 11 is 1.28. The van der Waals surface area contributed by atoms with E-state index in [4.69, 9.17) is 4.52 Å². The van der Waals surface area contributed by atoms with E-state index < -0.39 is 5.91 Å². The lowest BCUT2D eigenvalue weighted by Crippen LogP contribution is -2.14. The number of aromatic nitrogens is 4. The fraction of sp³-hybridized carbons (Fsp3) is 0.0667. The fourth-order valence-electron chi connectivity index (χ4n) is 2.22. The van der Waals surface area contributed by atoms with Gasteiger partial charge in [0, 0.05) is 12.1 Å². The van der Waals surface area contributed by atoms with E-state index in [1.54, 1.807) is 19.1 Å². The van der Waals surface area contributed by atoms with Gasteiger partial charge in [0.05, 0.1) is 22.1 Å². The number of anilines is 1. The van der Waals surface area contributed by atoms with Gasteiger partial charge in [0.25, 0.3) is 5.91 Å². The number of rotatable bonds is 3. The topological polar surface area (TPSA) is 85.8 Å². The van der Waals surface area contributed by atoms with Gasteiger partial charge in [-0.2, -0.15) is 9.78 Å². The van der Waals surface area contributed by atoms with Crippen molar-refractivity contribution in [1.82, 2.24) is 19.9 Å². The Hall–Kier alpha value is -3.07. The van der Waals surface area contributed by atoms with Gasteiger partial charge in [-0.1, -0.05) is 16.5 Å². The maximum Gasteiger partial charge on any atom is 0.295 e. The molecule has 0 aliphatic carbocycles. The highest BCUT2D eigenvalue weighted by Gasteiger charge is 2.17. The van der Waals surface area contributed by atoms with Gasteiger partial charge in [-0.3, -0.25) is 4.79 Å². The molecule has 0 aliphatic rings. The SMILES string of the molecule is Cc1cc(NC(=O)c2ccno2)n(-c2nc3ccc(F)cc3s2)n1. The Morgan fingerprint density at radius 1 is 1.33 bits per heavy atom. The van der Waals surface area contributed by atoms with Crippen molar-refractivity contribution < 1.29 is 13.7 Å². The molecule has 0 fully saturated rings. The number of aryl methyl sites for hydroxylation is 1. The third-order valence-electron chi connectivity index (χ3n) is 3.26. The number of fused-ring (bicyclic) bond motifs is 1. The number of amides is 1. The molecule has 1 N–H and O–H groups in total.